The SMILES string of the molecule is CC1(C)c2ccccc2N(c2ccccc2)[C@]12C=C(c1ccccc1)C=C(c1ccccc1)[C@@H]2C(=O)c1ccccc1. The van der Waals surface area contributed by atoms with Gasteiger partial charge in [-0.3, -0.25) is 4.79 Å². The van der Waals surface area contributed by atoms with Crippen LogP contribution in [0.5, 0.6) is 0 Å². The summed E-state index contributed by atoms with van der Waals surface area (Å²) in [5.74, 6) is -0.367. The quantitative estimate of drug-likeness (QED) is 0.206. The third-order valence-corrected chi connectivity index (χ3v) is 9.18. The molecule has 0 radical (unpaired) electrons. The Morgan fingerprint density at radius 1 is 0.619 bits per heavy atom. The van der Waals surface area contributed by atoms with E-state index in [2.05, 4.69) is 140 Å². The van der Waals surface area contributed by atoms with Crippen molar-refractivity contribution in [2.75, 3.05) is 4.90 Å². The van der Waals surface area contributed by atoms with Gasteiger partial charge in [0.1, 0.15) is 0 Å². The van der Waals surface area contributed by atoms with E-state index in [4.69, 9.17) is 0 Å². The van der Waals surface area contributed by atoms with E-state index < -0.39 is 16.9 Å². The minimum absolute atomic E-state index is 0.121. The monoisotopic (exact) mass is 543 g/mol. The number of benzene rings is 5. The number of rotatable bonds is 5. The fourth-order valence-electron chi connectivity index (χ4n) is 7.19. The Kier molecular flexibility index (Phi) is 6.28. The van der Waals surface area contributed by atoms with Crippen LogP contribution < -0.4 is 4.90 Å². The maximum absolute atomic E-state index is 15.1. The number of hydrogen-bond donors (Lipinski definition) is 0. The van der Waals surface area contributed by atoms with Gasteiger partial charge in [-0.15, -0.1) is 0 Å². The number of allylic oxidation sites excluding steroid dienone is 2. The fourth-order valence-corrected chi connectivity index (χ4v) is 7.19. The molecule has 0 aromatic heterocycles. The molecule has 2 aliphatic rings. The second kappa shape index (κ2) is 10.2. The molecule has 2 heteroatoms. The molecule has 2 nitrogen and oxygen atoms in total. The Morgan fingerprint density at radius 2 is 1.14 bits per heavy atom. The third-order valence-electron chi connectivity index (χ3n) is 9.18. The highest BCUT2D eigenvalue weighted by atomic mass is 16.1. The van der Waals surface area contributed by atoms with E-state index in [-0.39, 0.29) is 5.78 Å². The van der Waals surface area contributed by atoms with Crippen molar-refractivity contribution in [3.05, 3.63) is 180 Å². The van der Waals surface area contributed by atoms with Crippen molar-refractivity contribution in [1.29, 1.82) is 0 Å². The molecule has 1 aliphatic heterocycles. The van der Waals surface area contributed by atoms with Crippen LogP contribution in [0.1, 0.15) is 40.9 Å². The van der Waals surface area contributed by atoms with Gasteiger partial charge in [-0.25, -0.2) is 0 Å². The molecular weight excluding hydrogens is 510 g/mol. The summed E-state index contributed by atoms with van der Waals surface area (Å²) >= 11 is 0. The molecule has 0 unspecified atom stereocenters. The number of hydrogen-bond acceptors (Lipinski definition) is 2. The smallest absolute Gasteiger partial charge is 0.173 e. The first-order chi connectivity index (χ1) is 20.5. The molecule has 42 heavy (non-hydrogen) atoms. The van der Waals surface area contributed by atoms with Gasteiger partial charge < -0.3 is 4.90 Å². The summed E-state index contributed by atoms with van der Waals surface area (Å²) in [7, 11) is 0. The maximum Gasteiger partial charge on any atom is 0.173 e. The molecule has 7 rings (SSSR count). The molecule has 204 valence electrons. The lowest BCUT2D eigenvalue weighted by atomic mass is 9.57. The average Bonchev–Trinajstić information content (AvgIpc) is 3.24. The molecule has 0 saturated heterocycles. The number of fused-ring (bicyclic) bond motifs is 1. The van der Waals surface area contributed by atoms with E-state index in [1.54, 1.807) is 0 Å². The molecule has 0 N–H and O–H groups in total. The Hall–Kier alpha value is -4.95. The number of carbonyl (C=O) groups is 1. The molecule has 5 aromatic rings. The summed E-state index contributed by atoms with van der Waals surface area (Å²) in [5, 5.41) is 0. The van der Waals surface area contributed by atoms with Crippen LogP contribution in [0.15, 0.2) is 158 Å². The van der Waals surface area contributed by atoms with Crippen LogP contribution in [0.4, 0.5) is 11.4 Å². The molecule has 0 bridgehead atoms. The van der Waals surface area contributed by atoms with Gasteiger partial charge >= 0.3 is 0 Å². The Bertz CT molecular complexity index is 1800. The molecule has 1 heterocycles. The maximum atomic E-state index is 15.1. The summed E-state index contributed by atoms with van der Waals surface area (Å²) < 4.78 is 0. The van der Waals surface area contributed by atoms with Crippen molar-refractivity contribution in [2.24, 2.45) is 5.92 Å². The van der Waals surface area contributed by atoms with Crippen molar-refractivity contribution in [1.82, 2.24) is 0 Å². The number of anilines is 2. The summed E-state index contributed by atoms with van der Waals surface area (Å²) in [6.45, 7) is 4.63. The van der Waals surface area contributed by atoms with Gasteiger partial charge in [-0.1, -0.05) is 141 Å². The zero-order valence-electron chi connectivity index (χ0n) is 23.9. The van der Waals surface area contributed by atoms with E-state index in [1.807, 2.05) is 36.4 Å². The number of carbonyl (C=O) groups excluding carboxylic acids is 1. The predicted molar refractivity (Wildman–Crippen MR) is 174 cm³/mol. The van der Waals surface area contributed by atoms with Crippen LogP contribution in [0.2, 0.25) is 0 Å². The van der Waals surface area contributed by atoms with Gasteiger partial charge in [-0.2, -0.15) is 0 Å². The van der Waals surface area contributed by atoms with Crippen LogP contribution in [-0.2, 0) is 5.41 Å². The summed E-state index contributed by atoms with van der Waals surface area (Å²) in [4.78, 5) is 17.6. The molecule has 5 aromatic carbocycles. The Balaban J connectivity index is 1.61. The average molecular weight is 544 g/mol. The standard InChI is InChI=1S/C40H33NO/c1-39(2)35-25-15-16-26-36(35)41(33-23-13-6-14-24-33)40(39)28-32(29-17-7-3-8-18-29)27-34(30-19-9-4-10-20-30)37(40)38(42)31-21-11-5-12-22-31/h3-28,37H,1-2H3/t37-,40+/m1/s1. The minimum atomic E-state index is -0.754. The van der Waals surface area contributed by atoms with Crippen LogP contribution in [0, 0.1) is 5.92 Å². The second-order valence-electron chi connectivity index (χ2n) is 11.7. The van der Waals surface area contributed by atoms with Gasteiger partial charge in [0.15, 0.2) is 5.78 Å². The van der Waals surface area contributed by atoms with E-state index in [1.165, 1.54) is 5.56 Å². The highest BCUT2D eigenvalue weighted by molar-refractivity contribution is 6.10. The first-order valence-corrected chi connectivity index (χ1v) is 14.6. The summed E-state index contributed by atoms with van der Waals surface area (Å²) in [5.41, 5.74) is 7.32. The van der Waals surface area contributed by atoms with Gasteiger partial charge in [0.2, 0.25) is 0 Å². The lowest BCUT2D eigenvalue weighted by Gasteiger charge is -2.53. The lowest BCUT2D eigenvalue weighted by molar-refractivity contribution is 0.0888. The van der Waals surface area contributed by atoms with Gasteiger partial charge in [0.05, 0.1) is 11.5 Å². The van der Waals surface area contributed by atoms with Crippen LogP contribution in [0.25, 0.3) is 11.1 Å². The van der Waals surface area contributed by atoms with Crippen molar-refractivity contribution in [2.45, 2.75) is 24.8 Å². The van der Waals surface area contributed by atoms with Crippen LogP contribution >= 0.6 is 0 Å². The zero-order valence-corrected chi connectivity index (χ0v) is 23.9. The van der Waals surface area contributed by atoms with Gasteiger partial charge in [0.25, 0.3) is 0 Å². The van der Waals surface area contributed by atoms with Crippen LogP contribution in [-0.4, -0.2) is 11.3 Å². The van der Waals surface area contributed by atoms with Crippen molar-refractivity contribution in [3.63, 3.8) is 0 Å². The fraction of sp³-hybridized carbons (Fsp3) is 0.125. The van der Waals surface area contributed by atoms with Crippen LogP contribution in [0.3, 0.4) is 0 Å². The largest absolute Gasteiger partial charge is 0.330 e. The summed E-state index contributed by atoms with van der Waals surface area (Å²) in [6.07, 6.45) is 4.65. The molecular formula is C40H33NO. The predicted octanol–water partition coefficient (Wildman–Crippen LogP) is 9.53. The first kappa shape index (κ1) is 26.0. The highest BCUT2D eigenvalue weighted by Crippen LogP contribution is 2.63. The highest BCUT2D eigenvalue weighted by Gasteiger charge is 2.63. The normalized spacial score (nSPS) is 20.5. The molecule has 2 atom stereocenters. The molecule has 1 aliphatic carbocycles. The van der Waals surface area contributed by atoms with Crippen molar-refractivity contribution in [3.8, 4) is 0 Å². The Morgan fingerprint density at radius 3 is 1.79 bits per heavy atom. The molecule has 0 saturated carbocycles. The third kappa shape index (κ3) is 3.90. The van der Waals surface area contributed by atoms with Gasteiger partial charge in [-0.05, 0) is 58.2 Å². The van der Waals surface area contributed by atoms with E-state index >= 15 is 4.79 Å². The summed E-state index contributed by atoms with van der Waals surface area (Å²) in [6, 6.07) is 50.1. The van der Waals surface area contributed by atoms with E-state index in [0.717, 1.165) is 39.2 Å². The van der Waals surface area contributed by atoms with Crippen molar-refractivity contribution < 1.29 is 4.79 Å². The molecule has 1 spiro atoms. The second-order valence-corrected chi connectivity index (χ2v) is 11.7. The minimum Gasteiger partial charge on any atom is -0.330 e. The number of nitrogens with zero attached hydrogens (tertiary/aromatic N) is 1. The van der Waals surface area contributed by atoms with E-state index in [0.29, 0.717) is 0 Å². The number of para-hydroxylation sites is 2. The Labute approximate surface area is 248 Å². The molecule has 0 fully saturated rings. The first-order valence-electron chi connectivity index (χ1n) is 14.6. The van der Waals surface area contributed by atoms with Crippen molar-refractivity contribution >= 4 is 28.3 Å². The number of ketones is 1. The topological polar surface area (TPSA) is 20.3 Å². The number of Topliss-reactive ketones (excluding diaryl/α,β-unsaturated/α-hetero) is 1. The van der Waals surface area contributed by atoms with Gasteiger partial charge in [0, 0.05) is 22.4 Å². The van der Waals surface area contributed by atoms with E-state index in [9.17, 15) is 0 Å². The molecule has 0 amide bonds. The lowest BCUT2D eigenvalue weighted by Crippen LogP contribution is -2.61. The zero-order chi connectivity index (χ0) is 28.7.